The standard InChI is InChI=1S/C9H11NO2/c1-10-6-7-4-2-3-5-8(7)12-9(10)11/h2-5,9,11H,6H2,1H3. The monoisotopic (exact) mass is 165 g/mol. The SMILES string of the molecule is CN1Cc2ccccc2OC1O. The molecule has 0 amide bonds. The fourth-order valence-corrected chi connectivity index (χ4v) is 1.30. The third kappa shape index (κ3) is 1.17. The van der Waals surface area contributed by atoms with E-state index in [1.807, 2.05) is 31.3 Å². The molecular weight excluding hydrogens is 154 g/mol. The minimum Gasteiger partial charge on any atom is -0.451 e. The second-order valence-corrected chi connectivity index (χ2v) is 2.97. The van der Waals surface area contributed by atoms with E-state index in [4.69, 9.17) is 4.74 Å². The molecule has 0 aromatic heterocycles. The van der Waals surface area contributed by atoms with E-state index in [2.05, 4.69) is 0 Å². The third-order valence-electron chi connectivity index (χ3n) is 2.00. The van der Waals surface area contributed by atoms with Crippen molar-refractivity contribution < 1.29 is 9.84 Å². The van der Waals surface area contributed by atoms with E-state index >= 15 is 0 Å². The first kappa shape index (κ1) is 7.58. The molecule has 0 saturated heterocycles. The Morgan fingerprint density at radius 3 is 3.08 bits per heavy atom. The van der Waals surface area contributed by atoms with Gasteiger partial charge in [0.15, 0.2) is 0 Å². The van der Waals surface area contributed by atoms with Crippen molar-refractivity contribution in [1.29, 1.82) is 0 Å². The van der Waals surface area contributed by atoms with E-state index in [-0.39, 0.29) is 0 Å². The summed E-state index contributed by atoms with van der Waals surface area (Å²) < 4.78 is 5.23. The van der Waals surface area contributed by atoms with Gasteiger partial charge in [0.25, 0.3) is 6.41 Å². The van der Waals surface area contributed by atoms with Crippen LogP contribution in [-0.4, -0.2) is 23.5 Å². The van der Waals surface area contributed by atoms with E-state index in [9.17, 15) is 5.11 Å². The van der Waals surface area contributed by atoms with Crippen molar-refractivity contribution in [3.63, 3.8) is 0 Å². The van der Waals surface area contributed by atoms with Crippen LogP contribution in [0.1, 0.15) is 5.56 Å². The number of para-hydroxylation sites is 1. The van der Waals surface area contributed by atoms with Crippen LogP contribution < -0.4 is 4.74 Å². The van der Waals surface area contributed by atoms with Crippen LogP contribution in [0.25, 0.3) is 0 Å². The molecule has 1 atom stereocenters. The Balaban J connectivity index is 2.34. The Labute approximate surface area is 71.2 Å². The van der Waals surface area contributed by atoms with Gasteiger partial charge in [0.1, 0.15) is 5.75 Å². The Hall–Kier alpha value is -1.06. The minimum absolute atomic E-state index is 0.733. The number of hydrogen-bond acceptors (Lipinski definition) is 3. The van der Waals surface area contributed by atoms with Gasteiger partial charge in [-0.15, -0.1) is 0 Å². The average molecular weight is 165 g/mol. The Bertz CT molecular complexity index is 259. The zero-order chi connectivity index (χ0) is 8.55. The molecule has 1 N–H and O–H groups in total. The maximum atomic E-state index is 9.33. The fraction of sp³-hybridized carbons (Fsp3) is 0.333. The second-order valence-electron chi connectivity index (χ2n) is 2.97. The number of aliphatic hydroxyl groups excluding tert-OH is 1. The van der Waals surface area contributed by atoms with Gasteiger partial charge in [0.2, 0.25) is 0 Å². The van der Waals surface area contributed by atoms with Crippen molar-refractivity contribution in [2.45, 2.75) is 13.0 Å². The molecule has 1 aliphatic rings. The molecule has 0 spiro atoms. The summed E-state index contributed by atoms with van der Waals surface area (Å²) in [5.74, 6) is 0.781. The summed E-state index contributed by atoms with van der Waals surface area (Å²) in [6.07, 6.45) is -0.806. The first-order chi connectivity index (χ1) is 5.77. The maximum Gasteiger partial charge on any atom is 0.259 e. The summed E-state index contributed by atoms with van der Waals surface area (Å²) in [5.41, 5.74) is 1.12. The predicted octanol–water partition coefficient (Wildman–Crippen LogP) is 0.787. The topological polar surface area (TPSA) is 32.7 Å². The van der Waals surface area contributed by atoms with Gasteiger partial charge >= 0.3 is 0 Å². The Morgan fingerprint density at radius 2 is 2.25 bits per heavy atom. The molecule has 2 rings (SSSR count). The molecule has 0 aliphatic carbocycles. The van der Waals surface area contributed by atoms with Crippen molar-refractivity contribution in [2.75, 3.05) is 7.05 Å². The van der Waals surface area contributed by atoms with Gasteiger partial charge < -0.3 is 9.84 Å². The molecule has 0 radical (unpaired) electrons. The molecule has 1 unspecified atom stereocenters. The second kappa shape index (κ2) is 2.77. The van der Waals surface area contributed by atoms with Crippen LogP contribution in [0.4, 0.5) is 0 Å². The summed E-state index contributed by atoms with van der Waals surface area (Å²) in [7, 11) is 1.82. The van der Waals surface area contributed by atoms with E-state index in [0.717, 1.165) is 17.9 Å². The molecule has 1 heterocycles. The molecule has 1 aromatic rings. The van der Waals surface area contributed by atoms with Gasteiger partial charge in [-0.3, -0.25) is 0 Å². The molecule has 0 bridgehead atoms. The maximum absolute atomic E-state index is 9.33. The number of hydrogen-bond donors (Lipinski definition) is 1. The first-order valence-corrected chi connectivity index (χ1v) is 3.90. The highest BCUT2D eigenvalue weighted by atomic mass is 16.6. The van der Waals surface area contributed by atoms with Crippen LogP contribution in [0.15, 0.2) is 24.3 Å². The van der Waals surface area contributed by atoms with Gasteiger partial charge in [-0.2, -0.15) is 0 Å². The van der Waals surface area contributed by atoms with Crippen LogP contribution in [0, 0.1) is 0 Å². The van der Waals surface area contributed by atoms with Crippen molar-refractivity contribution in [2.24, 2.45) is 0 Å². The summed E-state index contributed by atoms with van der Waals surface area (Å²) >= 11 is 0. The van der Waals surface area contributed by atoms with Crippen LogP contribution in [0.5, 0.6) is 5.75 Å². The van der Waals surface area contributed by atoms with Crippen LogP contribution in [0.3, 0.4) is 0 Å². The van der Waals surface area contributed by atoms with Crippen molar-refractivity contribution >= 4 is 0 Å². The number of ether oxygens (including phenoxy) is 1. The zero-order valence-corrected chi connectivity index (χ0v) is 6.90. The largest absolute Gasteiger partial charge is 0.451 e. The van der Waals surface area contributed by atoms with Gasteiger partial charge in [-0.05, 0) is 13.1 Å². The van der Waals surface area contributed by atoms with E-state index in [1.54, 1.807) is 4.90 Å². The molecule has 1 aliphatic heterocycles. The van der Waals surface area contributed by atoms with Gasteiger partial charge in [-0.1, -0.05) is 18.2 Å². The lowest BCUT2D eigenvalue weighted by atomic mass is 10.2. The highest BCUT2D eigenvalue weighted by molar-refractivity contribution is 5.34. The van der Waals surface area contributed by atoms with Crippen molar-refractivity contribution in [1.82, 2.24) is 4.90 Å². The van der Waals surface area contributed by atoms with E-state index in [1.165, 1.54) is 0 Å². The summed E-state index contributed by atoms with van der Waals surface area (Å²) in [6.45, 7) is 0.733. The van der Waals surface area contributed by atoms with Crippen LogP contribution in [-0.2, 0) is 6.54 Å². The van der Waals surface area contributed by atoms with Crippen LogP contribution in [0.2, 0.25) is 0 Å². The van der Waals surface area contributed by atoms with E-state index in [0.29, 0.717) is 0 Å². The Kier molecular flexibility index (Phi) is 1.75. The average Bonchev–Trinajstić information content (AvgIpc) is 2.07. The molecule has 0 fully saturated rings. The number of benzene rings is 1. The Morgan fingerprint density at radius 1 is 1.50 bits per heavy atom. The highest BCUT2D eigenvalue weighted by Crippen LogP contribution is 2.25. The van der Waals surface area contributed by atoms with Gasteiger partial charge in [-0.25, -0.2) is 4.90 Å². The smallest absolute Gasteiger partial charge is 0.259 e. The van der Waals surface area contributed by atoms with Crippen molar-refractivity contribution in [3.05, 3.63) is 29.8 Å². The molecular formula is C9H11NO2. The summed E-state index contributed by atoms with van der Waals surface area (Å²) in [4.78, 5) is 1.74. The lowest BCUT2D eigenvalue weighted by molar-refractivity contribution is -0.140. The molecule has 1 aromatic carbocycles. The highest BCUT2D eigenvalue weighted by Gasteiger charge is 2.21. The lowest BCUT2D eigenvalue weighted by Gasteiger charge is -2.30. The molecule has 3 heteroatoms. The van der Waals surface area contributed by atoms with Gasteiger partial charge in [0.05, 0.1) is 0 Å². The quantitative estimate of drug-likeness (QED) is 0.616. The van der Waals surface area contributed by atoms with Crippen LogP contribution >= 0.6 is 0 Å². The molecule has 12 heavy (non-hydrogen) atoms. The van der Waals surface area contributed by atoms with Crippen molar-refractivity contribution in [3.8, 4) is 5.75 Å². The number of rotatable bonds is 0. The lowest BCUT2D eigenvalue weighted by Crippen LogP contribution is -2.39. The molecule has 0 saturated carbocycles. The third-order valence-corrected chi connectivity index (χ3v) is 2.00. The minimum atomic E-state index is -0.806. The van der Waals surface area contributed by atoms with Gasteiger partial charge in [0, 0.05) is 12.1 Å². The fourth-order valence-electron chi connectivity index (χ4n) is 1.30. The molecule has 64 valence electrons. The molecule has 3 nitrogen and oxygen atoms in total. The summed E-state index contributed by atoms with van der Waals surface area (Å²) in [5, 5.41) is 9.33. The summed E-state index contributed by atoms with van der Waals surface area (Å²) in [6, 6.07) is 7.73. The zero-order valence-electron chi connectivity index (χ0n) is 6.90. The predicted molar refractivity (Wildman–Crippen MR) is 44.5 cm³/mol. The number of fused-ring (bicyclic) bond motifs is 1. The van der Waals surface area contributed by atoms with E-state index < -0.39 is 6.41 Å². The normalized spacial score (nSPS) is 23.0. The number of nitrogens with zero attached hydrogens (tertiary/aromatic N) is 1. The number of aliphatic hydroxyl groups is 1. The first-order valence-electron chi connectivity index (χ1n) is 3.90.